The Morgan fingerprint density at radius 2 is 2.33 bits per heavy atom. The van der Waals surface area contributed by atoms with E-state index in [0.717, 1.165) is 25.2 Å². The molecule has 0 aliphatic carbocycles. The van der Waals surface area contributed by atoms with E-state index in [0.29, 0.717) is 12.2 Å². The summed E-state index contributed by atoms with van der Waals surface area (Å²) in [4.78, 5) is 11.2. The molecule has 0 saturated carbocycles. The van der Waals surface area contributed by atoms with E-state index in [4.69, 9.17) is 9.47 Å². The quantitative estimate of drug-likeness (QED) is 0.558. The van der Waals surface area contributed by atoms with Crippen LogP contribution in [0.2, 0.25) is 0 Å². The maximum absolute atomic E-state index is 11.2. The van der Waals surface area contributed by atoms with Crippen molar-refractivity contribution in [3.63, 3.8) is 0 Å². The molecule has 0 spiro atoms. The standard InChI is InChI=1S/C12H14O3/c1-2-14-6-5-9-3-4-11-10(7-9)8-15-12(11)13/h3-4,7H,2,5-6,8H2,1H3. The van der Waals surface area contributed by atoms with Gasteiger partial charge in [0.1, 0.15) is 6.61 Å². The van der Waals surface area contributed by atoms with Crippen LogP contribution in [0.3, 0.4) is 0 Å². The Morgan fingerprint density at radius 3 is 3.13 bits per heavy atom. The Bertz CT molecular complexity index is 371. The normalized spacial score (nSPS) is 13.8. The fourth-order valence-electron chi connectivity index (χ4n) is 1.68. The van der Waals surface area contributed by atoms with Crippen molar-refractivity contribution in [3.05, 3.63) is 34.9 Å². The summed E-state index contributed by atoms with van der Waals surface area (Å²) in [5, 5.41) is 0. The second kappa shape index (κ2) is 4.45. The molecule has 1 aromatic carbocycles. The van der Waals surface area contributed by atoms with Gasteiger partial charge in [0, 0.05) is 12.2 Å². The lowest BCUT2D eigenvalue weighted by Gasteiger charge is -2.03. The molecule has 3 nitrogen and oxygen atoms in total. The summed E-state index contributed by atoms with van der Waals surface area (Å²) in [6.07, 6.45) is 0.884. The van der Waals surface area contributed by atoms with Gasteiger partial charge in [-0.25, -0.2) is 4.79 Å². The van der Waals surface area contributed by atoms with E-state index < -0.39 is 0 Å². The molecule has 3 heteroatoms. The highest BCUT2D eigenvalue weighted by Crippen LogP contribution is 2.21. The third kappa shape index (κ3) is 2.18. The van der Waals surface area contributed by atoms with Gasteiger partial charge in [0.25, 0.3) is 0 Å². The zero-order valence-corrected chi connectivity index (χ0v) is 8.79. The number of benzene rings is 1. The van der Waals surface area contributed by atoms with Crippen molar-refractivity contribution in [3.8, 4) is 0 Å². The predicted molar refractivity (Wildman–Crippen MR) is 55.8 cm³/mol. The van der Waals surface area contributed by atoms with Crippen molar-refractivity contribution >= 4 is 5.97 Å². The second-order valence-corrected chi connectivity index (χ2v) is 3.51. The SMILES string of the molecule is CCOCCc1ccc2c(c1)COC2=O. The van der Waals surface area contributed by atoms with Crippen molar-refractivity contribution in [1.29, 1.82) is 0 Å². The second-order valence-electron chi connectivity index (χ2n) is 3.51. The van der Waals surface area contributed by atoms with Crippen LogP contribution in [-0.2, 0) is 22.5 Å². The number of hydrogen-bond donors (Lipinski definition) is 0. The molecular weight excluding hydrogens is 192 g/mol. The van der Waals surface area contributed by atoms with Gasteiger partial charge in [-0.05, 0) is 25.0 Å². The van der Waals surface area contributed by atoms with Gasteiger partial charge in [0.05, 0.1) is 12.2 Å². The van der Waals surface area contributed by atoms with E-state index in [1.807, 2.05) is 25.1 Å². The first-order valence-corrected chi connectivity index (χ1v) is 5.18. The van der Waals surface area contributed by atoms with E-state index in [-0.39, 0.29) is 5.97 Å². The number of rotatable bonds is 4. The van der Waals surface area contributed by atoms with Crippen molar-refractivity contribution < 1.29 is 14.3 Å². The van der Waals surface area contributed by atoms with Gasteiger partial charge in [0.2, 0.25) is 0 Å². The first kappa shape index (κ1) is 10.2. The molecule has 0 saturated heterocycles. The van der Waals surface area contributed by atoms with Gasteiger partial charge in [-0.2, -0.15) is 0 Å². The predicted octanol–water partition coefficient (Wildman–Crippen LogP) is 1.94. The van der Waals surface area contributed by atoms with E-state index in [1.54, 1.807) is 0 Å². The molecule has 0 unspecified atom stereocenters. The Balaban J connectivity index is 2.06. The third-order valence-electron chi connectivity index (χ3n) is 2.49. The van der Waals surface area contributed by atoms with Crippen LogP contribution in [0.25, 0.3) is 0 Å². The molecule has 0 radical (unpaired) electrons. The van der Waals surface area contributed by atoms with E-state index in [9.17, 15) is 4.79 Å². The Hall–Kier alpha value is -1.35. The molecule has 2 rings (SSSR count). The van der Waals surface area contributed by atoms with Crippen LogP contribution in [-0.4, -0.2) is 19.2 Å². The summed E-state index contributed by atoms with van der Waals surface area (Å²) < 4.78 is 10.2. The average Bonchev–Trinajstić information content (AvgIpc) is 2.61. The number of carbonyl (C=O) groups is 1. The number of carbonyl (C=O) groups excluding carboxylic acids is 1. The maximum atomic E-state index is 11.2. The highest BCUT2D eigenvalue weighted by atomic mass is 16.5. The topological polar surface area (TPSA) is 35.5 Å². The van der Waals surface area contributed by atoms with Crippen LogP contribution < -0.4 is 0 Å². The van der Waals surface area contributed by atoms with Crippen LogP contribution in [0.15, 0.2) is 18.2 Å². The molecule has 0 fully saturated rings. The summed E-state index contributed by atoms with van der Waals surface area (Å²) in [5.74, 6) is -0.207. The van der Waals surface area contributed by atoms with Gasteiger partial charge >= 0.3 is 5.97 Å². The van der Waals surface area contributed by atoms with Crippen molar-refractivity contribution in [2.24, 2.45) is 0 Å². The lowest BCUT2D eigenvalue weighted by molar-refractivity contribution is 0.0535. The molecule has 0 atom stereocenters. The minimum atomic E-state index is -0.207. The highest BCUT2D eigenvalue weighted by Gasteiger charge is 2.20. The number of cyclic esters (lactones) is 1. The smallest absolute Gasteiger partial charge is 0.338 e. The fraction of sp³-hybridized carbons (Fsp3) is 0.417. The van der Waals surface area contributed by atoms with E-state index in [1.165, 1.54) is 5.56 Å². The lowest BCUT2D eigenvalue weighted by atomic mass is 10.0. The molecule has 15 heavy (non-hydrogen) atoms. The van der Waals surface area contributed by atoms with Gasteiger partial charge in [-0.1, -0.05) is 12.1 Å². The molecule has 1 aromatic rings. The van der Waals surface area contributed by atoms with Crippen molar-refractivity contribution in [2.45, 2.75) is 20.0 Å². The lowest BCUT2D eigenvalue weighted by Crippen LogP contribution is -1.99. The zero-order chi connectivity index (χ0) is 10.7. The average molecular weight is 206 g/mol. The third-order valence-corrected chi connectivity index (χ3v) is 2.49. The zero-order valence-electron chi connectivity index (χ0n) is 8.79. The van der Waals surface area contributed by atoms with Crippen molar-refractivity contribution in [1.82, 2.24) is 0 Å². The largest absolute Gasteiger partial charge is 0.457 e. The van der Waals surface area contributed by atoms with Crippen LogP contribution in [0.1, 0.15) is 28.4 Å². The Morgan fingerprint density at radius 1 is 1.47 bits per heavy atom. The summed E-state index contributed by atoms with van der Waals surface area (Å²) in [7, 11) is 0. The van der Waals surface area contributed by atoms with Crippen molar-refractivity contribution in [2.75, 3.05) is 13.2 Å². The summed E-state index contributed by atoms with van der Waals surface area (Å²) in [6.45, 7) is 3.86. The number of hydrogen-bond acceptors (Lipinski definition) is 3. The Labute approximate surface area is 89.0 Å². The molecule has 1 aliphatic rings. The van der Waals surface area contributed by atoms with Gasteiger partial charge in [-0.3, -0.25) is 0 Å². The molecule has 80 valence electrons. The van der Waals surface area contributed by atoms with Crippen LogP contribution in [0.4, 0.5) is 0 Å². The van der Waals surface area contributed by atoms with E-state index >= 15 is 0 Å². The van der Waals surface area contributed by atoms with Gasteiger partial charge in [-0.15, -0.1) is 0 Å². The van der Waals surface area contributed by atoms with Crippen LogP contribution in [0, 0.1) is 0 Å². The highest BCUT2D eigenvalue weighted by molar-refractivity contribution is 5.93. The van der Waals surface area contributed by atoms with Crippen LogP contribution in [0.5, 0.6) is 0 Å². The molecule has 0 bridgehead atoms. The molecule has 1 heterocycles. The first-order valence-electron chi connectivity index (χ1n) is 5.18. The minimum absolute atomic E-state index is 0.207. The summed E-state index contributed by atoms with van der Waals surface area (Å²) in [6, 6.07) is 5.83. The molecular formula is C12H14O3. The van der Waals surface area contributed by atoms with Crippen LogP contribution >= 0.6 is 0 Å². The molecule has 1 aliphatic heterocycles. The monoisotopic (exact) mass is 206 g/mol. The fourth-order valence-corrected chi connectivity index (χ4v) is 1.68. The van der Waals surface area contributed by atoms with Gasteiger partial charge in [0.15, 0.2) is 0 Å². The van der Waals surface area contributed by atoms with E-state index in [2.05, 4.69) is 0 Å². The molecule has 0 N–H and O–H groups in total. The number of esters is 1. The molecule has 0 aromatic heterocycles. The first-order chi connectivity index (χ1) is 7.31. The number of fused-ring (bicyclic) bond motifs is 1. The summed E-state index contributed by atoms with van der Waals surface area (Å²) in [5.41, 5.74) is 2.89. The maximum Gasteiger partial charge on any atom is 0.338 e. The number of ether oxygens (including phenoxy) is 2. The minimum Gasteiger partial charge on any atom is -0.457 e. The molecule has 0 amide bonds. The Kier molecular flexibility index (Phi) is 3.02. The summed E-state index contributed by atoms with van der Waals surface area (Å²) >= 11 is 0. The van der Waals surface area contributed by atoms with Gasteiger partial charge < -0.3 is 9.47 Å².